The molecule has 2 amide bonds. The molecule has 154 valence electrons. The highest BCUT2D eigenvalue weighted by Gasteiger charge is 2.31. The fraction of sp³-hybridized carbons (Fsp3) is 0.391. The SMILES string of the molecule is CC(C)(C)OC(=O)N1CCCC(C(=O)Nc2ccc(Nc3ccccc3)cc2)C1. The number of nitrogens with one attached hydrogen (secondary N) is 2. The van der Waals surface area contributed by atoms with E-state index in [-0.39, 0.29) is 17.9 Å². The van der Waals surface area contributed by atoms with E-state index in [0.29, 0.717) is 13.1 Å². The van der Waals surface area contributed by atoms with Gasteiger partial charge in [-0.2, -0.15) is 0 Å². The number of hydrogen-bond acceptors (Lipinski definition) is 4. The molecule has 0 radical (unpaired) electrons. The van der Waals surface area contributed by atoms with Crippen LogP contribution in [0.5, 0.6) is 0 Å². The third-order valence-corrected chi connectivity index (χ3v) is 4.66. The molecule has 1 aliphatic heterocycles. The smallest absolute Gasteiger partial charge is 0.410 e. The van der Waals surface area contributed by atoms with Gasteiger partial charge in [0.25, 0.3) is 0 Å². The minimum absolute atomic E-state index is 0.0676. The van der Waals surface area contributed by atoms with Crippen molar-refractivity contribution in [1.82, 2.24) is 4.90 Å². The lowest BCUT2D eigenvalue weighted by atomic mass is 9.97. The number of piperidine rings is 1. The molecule has 0 saturated carbocycles. The van der Waals surface area contributed by atoms with Crippen LogP contribution in [0.1, 0.15) is 33.6 Å². The number of benzene rings is 2. The highest BCUT2D eigenvalue weighted by molar-refractivity contribution is 5.93. The van der Waals surface area contributed by atoms with Crippen molar-refractivity contribution in [1.29, 1.82) is 0 Å². The maximum Gasteiger partial charge on any atom is 0.410 e. The number of anilines is 3. The molecule has 3 rings (SSSR count). The lowest BCUT2D eigenvalue weighted by Gasteiger charge is -2.33. The van der Waals surface area contributed by atoms with E-state index in [1.54, 1.807) is 4.90 Å². The minimum Gasteiger partial charge on any atom is -0.444 e. The standard InChI is InChI=1S/C23H29N3O3/c1-23(2,3)29-22(28)26-15-7-8-17(16-26)21(27)25-20-13-11-19(12-14-20)24-18-9-5-4-6-10-18/h4-6,9-14,17,24H,7-8,15-16H2,1-3H3,(H,25,27). The summed E-state index contributed by atoms with van der Waals surface area (Å²) in [5.74, 6) is -0.305. The molecule has 0 bridgehead atoms. The van der Waals surface area contributed by atoms with Gasteiger partial charge in [-0.3, -0.25) is 4.79 Å². The van der Waals surface area contributed by atoms with Gasteiger partial charge in [-0.25, -0.2) is 4.79 Å². The number of para-hydroxylation sites is 1. The first-order chi connectivity index (χ1) is 13.8. The Morgan fingerprint density at radius 1 is 0.966 bits per heavy atom. The second-order valence-electron chi connectivity index (χ2n) is 8.32. The second-order valence-corrected chi connectivity index (χ2v) is 8.32. The monoisotopic (exact) mass is 395 g/mol. The molecule has 2 aromatic rings. The summed E-state index contributed by atoms with van der Waals surface area (Å²) in [5, 5.41) is 6.28. The molecular formula is C23H29N3O3. The van der Waals surface area contributed by atoms with Crippen LogP contribution in [0.3, 0.4) is 0 Å². The van der Waals surface area contributed by atoms with Gasteiger partial charge in [-0.05, 0) is 70.0 Å². The first-order valence-electron chi connectivity index (χ1n) is 10.0. The third-order valence-electron chi connectivity index (χ3n) is 4.66. The number of ether oxygens (including phenoxy) is 1. The molecule has 6 nitrogen and oxygen atoms in total. The van der Waals surface area contributed by atoms with Crippen molar-refractivity contribution in [3.8, 4) is 0 Å². The van der Waals surface area contributed by atoms with Gasteiger partial charge in [0.1, 0.15) is 5.60 Å². The van der Waals surface area contributed by atoms with Gasteiger partial charge in [0.2, 0.25) is 5.91 Å². The van der Waals surface area contributed by atoms with E-state index in [4.69, 9.17) is 4.74 Å². The summed E-state index contributed by atoms with van der Waals surface area (Å²) >= 11 is 0. The molecular weight excluding hydrogens is 366 g/mol. The van der Waals surface area contributed by atoms with Crippen molar-refractivity contribution in [3.63, 3.8) is 0 Å². The topological polar surface area (TPSA) is 70.7 Å². The Balaban J connectivity index is 1.54. The zero-order valence-corrected chi connectivity index (χ0v) is 17.3. The van der Waals surface area contributed by atoms with Crippen LogP contribution in [-0.4, -0.2) is 35.6 Å². The first-order valence-corrected chi connectivity index (χ1v) is 10.0. The summed E-state index contributed by atoms with van der Waals surface area (Å²) in [6.07, 6.45) is 1.20. The van der Waals surface area contributed by atoms with Crippen LogP contribution >= 0.6 is 0 Å². The number of nitrogens with zero attached hydrogens (tertiary/aromatic N) is 1. The molecule has 1 fully saturated rings. The Hall–Kier alpha value is -3.02. The summed E-state index contributed by atoms with van der Waals surface area (Å²) in [6.45, 7) is 6.53. The van der Waals surface area contributed by atoms with Gasteiger partial charge in [-0.15, -0.1) is 0 Å². The Bertz CT molecular complexity index is 829. The zero-order valence-electron chi connectivity index (χ0n) is 17.3. The number of likely N-dealkylation sites (tertiary alicyclic amines) is 1. The van der Waals surface area contributed by atoms with Gasteiger partial charge in [0, 0.05) is 30.2 Å². The highest BCUT2D eigenvalue weighted by Crippen LogP contribution is 2.22. The quantitative estimate of drug-likeness (QED) is 0.763. The molecule has 1 aliphatic rings. The summed E-state index contributed by atoms with van der Waals surface area (Å²) in [5.41, 5.74) is 2.15. The van der Waals surface area contributed by atoms with E-state index in [9.17, 15) is 9.59 Å². The van der Waals surface area contributed by atoms with Crippen LogP contribution in [0, 0.1) is 5.92 Å². The first kappa shape index (κ1) is 20.7. The van der Waals surface area contributed by atoms with Crippen molar-refractivity contribution in [3.05, 3.63) is 54.6 Å². The van der Waals surface area contributed by atoms with Crippen LogP contribution in [0.25, 0.3) is 0 Å². The third kappa shape index (κ3) is 6.24. The number of amides is 2. The number of carbonyl (C=O) groups is 2. The van der Waals surface area contributed by atoms with Crippen LogP contribution in [0.4, 0.5) is 21.9 Å². The van der Waals surface area contributed by atoms with Crippen molar-refractivity contribution in [2.24, 2.45) is 5.92 Å². The number of rotatable bonds is 4. The number of carbonyl (C=O) groups excluding carboxylic acids is 2. The Morgan fingerprint density at radius 3 is 2.24 bits per heavy atom. The highest BCUT2D eigenvalue weighted by atomic mass is 16.6. The molecule has 1 saturated heterocycles. The fourth-order valence-electron chi connectivity index (χ4n) is 3.25. The Labute approximate surface area is 172 Å². The molecule has 1 unspecified atom stereocenters. The lowest BCUT2D eigenvalue weighted by Crippen LogP contribution is -2.45. The Morgan fingerprint density at radius 2 is 1.59 bits per heavy atom. The molecule has 0 aromatic heterocycles. The molecule has 1 atom stereocenters. The van der Waals surface area contributed by atoms with Crippen molar-refractivity contribution < 1.29 is 14.3 Å². The zero-order chi connectivity index (χ0) is 20.9. The predicted octanol–water partition coefficient (Wildman–Crippen LogP) is 5.02. The van der Waals surface area contributed by atoms with Crippen molar-refractivity contribution >= 4 is 29.1 Å². The van der Waals surface area contributed by atoms with Crippen LogP contribution in [0.15, 0.2) is 54.6 Å². The van der Waals surface area contributed by atoms with Gasteiger partial charge < -0.3 is 20.3 Å². The van der Waals surface area contributed by atoms with E-state index >= 15 is 0 Å². The van der Waals surface area contributed by atoms with Gasteiger partial charge in [0.05, 0.1) is 5.92 Å². The largest absolute Gasteiger partial charge is 0.444 e. The van der Waals surface area contributed by atoms with Crippen LogP contribution < -0.4 is 10.6 Å². The van der Waals surface area contributed by atoms with Gasteiger partial charge in [0.15, 0.2) is 0 Å². The maximum atomic E-state index is 12.7. The van der Waals surface area contributed by atoms with Crippen molar-refractivity contribution in [2.45, 2.75) is 39.2 Å². The fourth-order valence-corrected chi connectivity index (χ4v) is 3.25. The molecule has 29 heavy (non-hydrogen) atoms. The number of hydrogen-bond donors (Lipinski definition) is 2. The van der Waals surface area contributed by atoms with E-state index in [1.165, 1.54) is 0 Å². The molecule has 0 spiro atoms. The van der Waals surface area contributed by atoms with Crippen LogP contribution in [-0.2, 0) is 9.53 Å². The molecule has 2 aromatic carbocycles. The van der Waals surface area contributed by atoms with Crippen molar-refractivity contribution in [2.75, 3.05) is 23.7 Å². The molecule has 2 N–H and O–H groups in total. The van der Waals surface area contributed by atoms with E-state index < -0.39 is 5.60 Å². The summed E-state index contributed by atoms with van der Waals surface area (Å²) in [4.78, 5) is 26.6. The van der Waals surface area contributed by atoms with Gasteiger partial charge >= 0.3 is 6.09 Å². The summed E-state index contributed by atoms with van der Waals surface area (Å²) in [6, 6.07) is 17.5. The van der Waals surface area contributed by atoms with Gasteiger partial charge in [-0.1, -0.05) is 18.2 Å². The van der Waals surface area contributed by atoms with E-state index in [0.717, 1.165) is 29.9 Å². The normalized spacial score (nSPS) is 16.8. The maximum absolute atomic E-state index is 12.7. The molecule has 1 heterocycles. The Kier molecular flexibility index (Phi) is 6.42. The average molecular weight is 396 g/mol. The molecule has 6 heteroatoms. The minimum atomic E-state index is -0.540. The summed E-state index contributed by atoms with van der Waals surface area (Å²) < 4.78 is 5.43. The second kappa shape index (κ2) is 8.99. The molecule has 0 aliphatic carbocycles. The van der Waals surface area contributed by atoms with Crippen LogP contribution in [0.2, 0.25) is 0 Å². The van der Waals surface area contributed by atoms with E-state index in [1.807, 2.05) is 75.4 Å². The summed E-state index contributed by atoms with van der Waals surface area (Å²) in [7, 11) is 0. The average Bonchev–Trinajstić information content (AvgIpc) is 2.69. The lowest BCUT2D eigenvalue weighted by molar-refractivity contribution is -0.121. The van der Waals surface area contributed by atoms with E-state index in [2.05, 4.69) is 10.6 Å². The predicted molar refractivity (Wildman–Crippen MR) is 115 cm³/mol.